The van der Waals surface area contributed by atoms with Crippen LogP contribution < -0.4 is 20.3 Å². The maximum absolute atomic E-state index is 11.0. The molecule has 0 saturated carbocycles. The van der Waals surface area contributed by atoms with Crippen molar-refractivity contribution in [3.8, 4) is 11.5 Å². The Labute approximate surface area is 104 Å². The van der Waals surface area contributed by atoms with Crippen LogP contribution in [0.5, 0.6) is 11.5 Å². The van der Waals surface area contributed by atoms with Crippen LogP contribution in [0.25, 0.3) is 5.70 Å². The number of nitrogens with one attached hydrogen (secondary N) is 2. The second kappa shape index (κ2) is 5.31. The van der Waals surface area contributed by atoms with Gasteiger partial charge in [-0.15, -0.1) is 0 Å². The molecular formula is C12H14N2O4. The van der Waals surface area contributed by atoms with Crippen molar-refractivity contribution in [1.82, 2.24) is 10.8 Å². The first-order valence-electron chi connectivity index (χ1n) is 5.40. The predicted octanol–water partition coefficient (Wildman–Crippen LogP) is 1.29. The number of hydrogen-bond acceptors (Lipinski definition) is 5. The molecule has 0 aromatic heterocycles. The van der Waals surface area contributed by atoms with Gasteiger partial charge in [-0.25, -0.2) is 10.3 Å². The summed E-state index contributed by atoms with van der Waals surface area (Å²) in [4.78, 5) is 15.8. The first kappa shape index (κ1) is 12.1. The van der Waals surface area contributed by atoms with Crippen molar-refractivity contribution >= 4 is 11.8 Å². The van der Waals surface area contributed by atoms with Crippen LogP contribution in [-0.4, -0.2) is 26.9 Å². The van der Waals surface area contributed by atoms with Crippen LogP contribution in [0.15, 0.2) is 24.3 Å². The minimum Gasteiger partial charge on any atom is -0.497 e. The molecule has 0 radical (unpaired) electrons. The molecule has 1 aromatic carbocycles. The molecule has 0 aliphatic carbocycles. The van der Waals surface area contributed by atoms with Crippen molar-refractivity contribution < 1.29 is 19.1 Å². The van der Waals surface area contributed by atoms with Crippen LogP contribution in [0.4, 0.5) is 4.79 Å². The topological polar surface area (TPSA) is 68.8 Å². The van der Waals surface area contributed by atoms with Gasteiger partial charge in [-0.2, -0.15) is 0 Å². The summed E-state index contributed by atoms with van der Waals surface area (Å²) >= 11 is 0. The molecule has 1 amide bonds. The largest absolute Gasteiger partial charge is 0.497 e. The number of methoxy groups -OCH3 is 1. The zero-order valence-corrected chi connectivity index (χ0v) is 10.1. The number of fused-ring (bicyclic) bond motifs is 1. The lowest BCUT2D eigenvalue weighted by Crippen LogP contribution is -2.27. The third-order valence-corrected chi connectivity index (χ3v) is 2.46. The van der Waals surface area contributed by atoms with E-state index < -0.39 is 6.09 Å². The molecule has 18 heavy (non-hydrogen) atoms. The standard InChI is InChI=1S/C12H14N2O4/c1-13-12(15)18-14-10-5-6-17-11-4-3-8(16-2)7-9(10)11/h3-5,7,14H,6H2,1-2H3,(H,13,15). The van der Waals surface area contributed by atoms with Gasteiger partial charge in [0.05, 0.1) is 12.8 Å². The van der Waals surface area contributed by atoms with Crippen molar-refractivity contribution in [3.63, 3.8) is 0 Å². The van der Waals surface area contributed by atoms with Gasteiger partial charge in [0.15, 0.2) is 0 Å². The molecule has 0 spiro atoms. The van der Waals surface area contributed by atoms with Gasteiger partial charge in [0, 0.05) is 12.6 Å². The molecule has 2 N–H and O–H groups in total. The normalized spacial score (nSPS) is 12.7. The lowest BCUT2D eigenvalue weighted by Gasteiger charge is -2.19. The SMILES string of the molecule is CNC(=O)ONC1=CCOc2ccc(OC)cc21. The minimum atomic E-state index is -0.563. The highest BCUT2D eigenvalue weighted by Gasteiger charge is 2.15. The van der Waals surface area contributed by atoms with E-state index in [1.165, 1.54) is 7.05 Å². The molecule has 1 aromatic rings. The molecule has 6 nitrogen and oxygen atoms in total. The highest BCUT2D eigenvalue weighted by molar-refractivity contribution is 5.73. The number of carbonyl (C=O) groups is 1. The lowest BCUT2D eigenvalue weighted by molar-refractivity contribution is 0.117. The van der Waals surface area contributed by atoms with E-state index in [2.05, 4.69) is 10.8 Å². The quantitative estimate of drug-likeness (QED) is 0.791. The van der Waals surface area contributed by atoms with Gasteiger partial charge in [0.2, 0.25) is 0 Å². The molecule has 1 heterocycles. The summed E-state index contributed by atoms with van der Waals surface area (Å²) in [5.74, 6) is 1.41. The van der Waals surface area contributed by atoms with E-state index in [0.29, 0.717) is 23.8 Å². The van der Waals surface area contributed by atoms with Crippen LogP contribution in [0.1, 0.15) is 5.56 Å². The monoisotopic (exact) mass is 250 g/mol. The smallest absolute Gasteiger partial charge is 0.431 e. The summed E-state index contributed by atoms with van der Waals surface area (Å²) in [5.41, 5.74) is 4.04. The second-order valence-corrected chi connectivity index (χ2v) is 3.53. The van der Waals surface area contributed by atoms with Crippen LogP contribution in [0.3, 0.4) is 0 Å². The van der Waals surface area contributed by atoms with E-state index in [9.17, 15) is 4.79 Å². The fraction of sp³-hybridized carbons (Fsp3) is 0.250. The Kier molecular flexibility index (Phi) is 3.57. The molecule has 6 heteroatoms. The van der Waals surface area contributed by atoms with E-state index >= 15 is 0 Å². The van der Waals surface area contributed by atoms with Gasteiger partial charge < -0.3 is 19.6 Å². The van der Waals surface area contributed by atoms with E-state index in [4.69, 9.17) is 14.3 Å². The van der Waals surface area contributed by atoms with E-state index in [1.54, 1.807) is 25.3 Å². The Balaban J connectivity index is 2.18. The van der Waals surface area contributed by atoms with Crippen molar-refractivity contribution in [2.24, 2.45) is 0 Å². The molecule has 0 saturated heterocycles. The van der Waals surface area contributed by atoms with Crippen LogP contribution in [0.2, 0.25) is 0 Å². The summed E-state index contributed by atoms with van der Waals surface area (Å²) in [7, 11) is 3.07. The highest BCUT2D eigenvalue weighted by atomic mass is 16.7. The molecule has 0 bridgehead atoms. The number of hydrogen-bond donors (Lipinski definition) is 2. The van der Waals surface area contributed by atoms with Crippen molar-refractivity contribution in [3.05, 3.63) is 29.8 Å². The maximum Gasteiger partial charge on any atom is 0.431 e. The first-order chi connectivity index (χ1) is 8.74. The number of rotatable bonds is 3. The Hall–Kier alpha value is -2.37. The minimum absolute atomic E-state index is 0.415. The van der Waals surface area contributed by atoms with Crippen molar-refractivity contribution in [2.45, 2.75) is 0 Å². The summed E-state index contributed by atoms with van der Waals surface area (Å²) in [6.45, 7) is 0.415. The third-order valence-electron chi connectivity index (χ3n) is 2.46. The number of carbonyl (C=O) groups excluding carboxylic acids is 1. The molecule has 1 aliphatic rings. The van der Waals surface area contributed by atoms with Gasteiger partial charge in [0.1, 0.15) is 18.1 Å². The van der Waals surface area contributed by atoms with Crippen molar-refractivity contribution in [2.75, 3.05) is 20.8 Å². The Morgan fingerprint density at radius 2 is 2.28 bits per heavy atom. The fourth-order valence-electron chi connectivity index (χ4n) is 1.55. The van der Waals surface area contributed by atoms with Crippen molar-refractivity contribution in [1.29, 1.82) is 0 Å². The Bertz CT molecular complexity index is 485. The first-order valence-corrected chi connectivity index (χ1v) is 5.40. The molecule has 0 fully saturated rings. The summed E-state index contributed by atoms with van der Waals surface area (Å²) in [6, 6.07) is 5.42. The van der Waals surface area contributed by atoms with Gasteiger partial charge in [-0.05, 0) is 24.3 Å². The number of benzene rings is 1. The Morgan fingerprint density at radius 1 is 1.44 bits per heavy atom. The highest BCUT2D eigenvalue weighted by Crippen LogP contribution is 2.31. The van der Waals surface area contributed by atoms with E-state index in [0.717, 1.165) is 5.56 Å². The fourth-order valence-corrected chi connectivity index (χ4v) is 1.55. The summed E-state index contributed by atoms with van der Waals surface area (Å²) < 4.78 is 10.6. The van der Waals surface area contributed by atoms with E-state index in [-0.39, 0.29) is 0 Å². The summed E-state index contributed by atoms with van der Waals surface area (Å²) in [6.07, 6.45) is 1.22. The Morgan fingerprint density at radius 3 is 3.00 bits per heavy atom. The van der Waals surface area contributed by atoms with Crippen LogP contribution in [-0.2, 0) is 4.84 Å². The number of ether oxygens (including phenoxy) is 2. The molecule has 1 aliphatic heterocycles. The zero-order valence-electron chi connectivity index (χ0n) is 10.1. The van der Waals surface area contributed by atoms with Crippen LogP contribution >= 0.6 is 0 Å². The van der Waals surface area contributed by atoms with E-state index in [1.807, 2.05) is 6.07 Å². The zero-order chi connectivity index (χ0) is 13.0. The number of amides is 1. The number of hydroxylamine groups is 1. The van der Waals surface area contributed by atoms with Gasteiger partial charge >= 0.3 is 6.09 Å². The van der Waals surface area contributed by atoms with Gasteiger partial charge in [0.25, 0.3) is 0 Å². The third kappa shape index (κ3) is 2.48. The molecule has 96 valence electrons. The van der Waals surface area contributed by atoms with Gasteiger partial charge in [-0.3, -0.25) is 0 Å². The molecule has 2 rings (SSSR count). The molecule has 0 unspecified atom stereocenters. The second-order valence-electron chi connectivity index (χ2n) is 3.53. The summed E-state index contributed by atoms with van der Waals surface area (Å²) in [5, 5.41) is 2.34. The molecular weight excluding hydrogens is 236 g/mol. The molecule has 0 atom stereocenters. The average molecular weight is 250 g/mol. The lowest BCUT2D eigenvalue weighted by atomic mass is 10.1. The maximum atomic E-state index is 11.0. The van der Waals surface area contributed by atoms with Gasteiger partial charge in [-0.1, -0.05) is 0 Å². The predicted molar refractivity (Wildman–Crippen MR) is 65.1 cm³/mol. The average Bonchev–Trinajstić information content (AvgIpc) is 2.43. The van der Waals surface area contributed by atoms with Crippen LogP contribution in [0, 0.1) is 0 Å².